The van der Waals surface area contributed by atoms with Gasteiger partial charge in [-0.1, -0.05) is 65.4 Å². The summed E-state index contributed by atoms with van der Waals surface area (Å²) in [5.41, 5.74) is 4.17. The van der Waals surface area contributed by atoms with E-state index in [1.807, 2.05) is 30.3 Å². The fraction of sp³-hybridized carbons (Fsp3) is 0.154. The minimum absolute atomic E-state index is 0.0422. The molecule has 0 saturated carbocycles. The average Bonchev–Trinajstić information content (AvgIpc) is 3.39. The molecule has 1 fully saturated rings. The number of nitrogens with one attached hydrogen (secondary N) is 2. The summed E-state index contributed by atoms with van der Waals surface area (Å²) in [5.74, 6) is 0. The number of anilines is 3. The Labute approximate surface area is 239 Å². The number of hydrogen-bond acceptors (Lipinski definition) is 10. The number of benzene rings is 3. The number of hydrogen-bond donors (Lipinski definition) is 2. The molecule has 0 unspecified atom stereocenters. The van der Waals surface area contributed by atoms with Crippen LogP contribution in [0.5, 0.6) is 0 Å². The van der Waals surface area contributed by atoms with E-state index in [0.717, 1.165) is 40.4 Å². The van der Waals surface area contributed by atoms with E-state index < -0.39 is 20.6 Å². The van der Waals surface area contributed by atoms with Crippen LogP contribution in [-0.4, -0.2) is 50.8 Å². The maximum absolute atomic E-state index is 13.3. The Bertz CT molecular complexity index is 1660. The van der Waals surface area contributed by atoms with E-state index in [1.165, 1.54) is 35.6 Å². The van der Waals surface area contributed by atoms with Crippen LogP contribution in [0.4, 0.5) is 22.2 Å². The number of halogens is 1. The van der Waals surface area contributed by atoms with E-state index in [-0.39, 0.29) is 21.3 Å². The Kier molecular flexibility index (Phi) is 8.26. The zero-order valence-corrected chi connectivity index (χ0v) is 23.2. The molecule has 0 aliphatic carbocycles. The minimum Gasteiger partial charge on any atom is -0.378 e. The van der Waals surface area contributed by atoms with Crippen LogP contribution in [0, 0.1) is 10.1 Å². The summed E-state index contributed by atoms with van der Waals surface area (Å²) >= 11 is 7.58. The van der Waals surface area contributed by atoms with E-state index in [9.17, 15) is 18.5 Å². The SMILES string of the molecule is O=[N+]([O-])c1ccc(NN=Cc2sc(N3CCOCC3)nc2-c2ccccc2)c(S(=O)(=O)Nc2ccccc2Cl)c1. The molecular formula is C26H23ClN6O5S2. The van der Waals surface area contributed by atoms with Gasteiger partial charge in [0.05, 0.1) is 51.3 Å². The largest absolute Gasteiger partial charge is 0.378 e. The van der Waals surface area contributed by atoms with Crippen molar-refractivity contribution in [2.24, 2.45) is 5.10 Å². The first-order valence-corrected chi connectivity index (χ1v) is 14.7. The first kappa shape index (κ1) is 27.5. The molecule has 3 aromatic carbocycles. The number of nitrogens with zero attached hydrogens (tertiary/aromatic N) is 4. The van der Waals surface area contributed by atoms with Gasteiger partial charge in [-0.2, -0.15) is 5.10 Å². The molecule has 5 rings (SSSR count). The van der Waals surface area contributed by atoms with Gasteiger partial charge >= 0.3 is 0 Å². The molecule has 0 bridgehead atoms. The highest BCUT2D eigenvalue weighted by molar-refractivity contribution is 7.93. The van der Waals surface area contributed by atoms with Crippen molar-refractivity contribution < 1.29 is 18.1 Å². The Balaban J connectivity index is 1.47. The number of morpholine rings is 1. The number of aromatic nitrogens is 1. The number of nitro groups is 1. The molecule has 1 aromatic heterocycles. The van der Waals surface area contributed by atoms with Crippen molar-refractivity contribution in [2.75, 3.05) is 41.4 Å². The van der Waals surface area contributed by atoms with Gasteiger partial charge < -0.3 is 9.64 Å². The lowest BCUT2D eigenvalue weighted by Crippen LogP contribution is -2.36. The number of ether oxygens (including phenoxy) is 1. The molecule has 2 heterocycles. The summed E-state index contributed by atoms with van der Waals surface area (Å²) in [6, 6.07) is 19.4. The molecule has 11 nitrogen and oxygen atoms in total. The third-order valence-electron chi connectivity index (χ3n) is 5.92. The minimum atomic E-state index is -4.28. The van der Waals surface area contributed by atoms with Crippen LogP contribution in [0.15, 0.2) is 82.8 Å². The topological polar surface area (TPSA) is 139 Å². The summed E-state index contributed by atoms with van der Waals surface area (Å²) in [6.07, 6.45) is 1.56. The van der Waals surface area contributed by atoms with Crippen LogP contribution in [0.3, 0.4) is 0 Å². The predicted octanol–water partition coefficient (Wildman–Crippen LogP) is 5.46. The molecule has 4 aromatic rings. The van der Waals surface area contributed by atoms with Crippen LogP contribution in [0.25, 0.3) is 11.3 Å². The lowest BCUT2D eigenvalue weighted by Gasteiger charge is -2.26. The Morgan fingerprint density at radius 1 is 1.05 bits per heavy atom. The molecular weight excluding hydrogens is 576 g/mol. The molecule has 1 aliphatic heterocycles. The molecule has 0 radical (unpaired) electrons. The van der Waals surface area contributed by atoms with Crippen molar-refractivity contribution in [1.82, 2.24) is 4.98 Å². The fourth-order valence-electron chi connectivity index (χ4n) is 3.94. The lowest BCUT2D eigenvalue weighted by atomic mass is 10.1. The second-order valence-corrected chi connectivity index (χ2v) is 11.6. The van der Waals surface area contributed by atoms with Gasteiger partial charge in [0.15, 0.2) is 5.13 Å². The normalized spacial score (nSPS) is 13.9. The second kappa shape index (κ2) is 12.0. The highest BCUT2D eigenvalue weighted by Gasteiger charge is 2.24. The van der Waals surface area contributed by atoms with E-state index in [2.05, 4.69) is 20.1 Å². The van der Waals surface area contributed by atoms with Gasteiger partial charge in [-0.05, 0) is 18.2 Å². The number of nitro benzene ring substituents is 1. The maximum atomic E-state index is 13.3. The number of non-ortho nitro benzene ring substituents is 1. The van der Waals surface area contributed by atoms with E-state index in [0.29, 0.717) is 13.2 Å². The summed E-state index contributed by atoms with van der Waals surface area (Å²) in [4.78, 5) is 18.1. The summed E-state index contributed by atoms with van der Waals surface area (Å²) < 4.78 is 34.4. The standard InChI is InChI=1S/C26H23ClN6O5S2/c27-20-8-4-5-9-21(20)31-40(36,37)24-16-19(33(34)35)10-11-22(24)30-28-17-23-25(18-6-2-1-3-7-18)29-26(39-23)32-12-14-38-15-13-32/h1-11,16-17,30-31H,12-15H2. The summed E-state index contributed by atoms with van der Waals surface area (Å²) in [6.45, 7) is 2.67. The van der Waals surface area contributed by atoms with Crippen LogP contribution >= 0.6 is 22.9 Å². The Hall–Kier alpha value is -4.04. The predicted molar refractivity (Wildman–Crippen MR) is 157 cm³/mol. The first-order valence-electron chi connectivity index (χ1n) is 12.1. The molecule has 14 heteroatoms. The van der Waals surface area contributed by atoms with Gasteiger partial charge in [-0.15, -0.1) is 0 Å². The molecule has 2 N–H and O–H groups in total. The van der Waals surface area contributed by atoms with Crippen LogP contribution in [-0.2, 0) is 14.8 Å². The monoisotopic (exact) mass is 598 g/mol. The highest BCUT2D eigenvalue weighted by Crippen LogP contribution is 2.33. The van der Waals surface area contributed by atoms with Gasteiger partial charge in [-0.25, -0.2) is 13.4 Å². The van der Waals surface area contributed by atoms with Crippen LogP contribution in [0.1, 0.15) is 4.88 Å². The highest BCUT2D eigenvalue weighted by atomic mass is 35.5. The van der Waals surface area contributed by atoms with E-state index in [1.54, 1.807) is 18.3 Å². The summed E-state index contributed by atoms with van der Waals surface area (Å²) in [7, 11) is -4.28. The van der Waals surface area contributed by atoms with Crippen molar-refractivity contribution in [3.8, 4) is 11.3 Å². The molecule has 206 valence electrons. The Morgan fingerprint density at radius 3 is 2.50 bits per heavy atom. The quantitative estimate of drug-likeness (QED) is 0.147. The molecule has 0 spiro atoms. The third-order valence-corrected chi connectivity index (χ3v) is 8.71. The van der Waals surface area contributed by atoms with Crippen molar-refractivity contribution in [3.05, 3.63) is 92.8 Å². The number of sulfonamides is 1. The maximum Gasteiger partial charge on any atom is 0.270 e. The third kappa shape index (κ3) is 6.23. The lowest BCUT2D eigenvalue weighted by molar-refractivity contribution is -0.385. The van der Waals surface area contributed by atoms with Gasteiger partial charge in [-0.3, -0.25) is 20.3 Å². The molecule has 0 atom stereocenters. The Morgan fingerprint density at radius 2 is 1.77 bits per heavy atom. The van der Waals surface area contributed by atoms with E-state index in [4.69, 9.17) is 21.3 Å². The van der Waals surface area contributed by atoms with Crippen LogP contribution < -0.4 is 15.0 Å². The number of thiazole rings is 1. The van der Waals surface area contributed by atoms with Crippen molar-refractivity contribution in [1.29, 1.82) is 0 Å². The number of para-hydroxylation sites is 1. The number of hydrazone groups is 1. The molecule has 40 heavy (non-hydrogen) atoms. The van der Waals surface area contributed by atoms with E-state index >= 15 is 0 Å². The molecule has 1 saturated heterocycles. The zero-order valence-electron chi connectivity index (χ0n) is 20.9. The van der Waals surface area contributed by atoms with Crippen molar-refractivity contribution in [2.45, 2.75) is 4.90 Å². The first-order chi connectivity index (χ1) is 19.3. The zero-order chi connectivity index (χ0) is 28.1. The van der Waals surface area contributed by atoms with Gasteiger partial charge in [0.2, 0.25) is 0 Å². The van der Waals surface area contributed by atoms with Crippen molar-refractivity contribution in [3.63, 3.8) is 0 Å². The number of rotatable bonds is 9. The molecule has 1 aliphatic rings. The smallest absolute Gasteiger partial charge is 0.270 e. The van der Waals surface area contributed by atoms with Gasteiger partial charge in [0.25, 0.3) is 15.7 Å². The summed E-state index contributed by atoms with van der Waals surface area (Å²) in [5, 5.41) is 16.7. The second-order valence-electron chi connectivity index (χ2n) is 8.57. The van der Waals surface area contributed by atoms with Crippen molar-refractivity contribution >= 4 is 61.4 Å². The molecule has 0 amide bonds. The fourth-order valence-corrected chi connectivity index (χ4v) is 6.45. The van der Waals surface area contributed by atoms with Gasteiger partial charge in [0, 0.05) is 30.8 Å². The van der Waals surface area contributed by atoms with Crippen LogP contribution in [0.2, 0.25) is 5.02 Å². The average molecular weight is 599 g/mol. The van der Waals surface area contributed by atoms with Gasteiger partial charge in [0.1, 0.15) is 4.90 Å².